The summed E-state index contributed by atoms with van der Waals surface area (Å²) in [5, 5.41) is 3.19. The van der Waals surface area contributed by atoms with Gasteiger partial charge in [0.25, 0.3) is 0 Å². The summed E-state index contributed by atoms with van der Waals surface area (Å²) in [6.07, 6.45) is 6.55. The lowest BCUT2D eigenvalue weighted by Gasteiger charge is -2.28. The third-order valence-electron chi connectivity index (χ3n) is 4.29. The molecule has 0 radical (unpaired) electrons. The van der Waals surface area contributed by atoms with Gasteiger partial charge in [0.15, 0.2) is 11.5 Å². The molecule has 0 aliphatic heterocycles. The molecule has 1 aliphatic rings. The van der Waals surface area contributed by atoms with E-state index >= 15 is 0 Å². The molecule has 0 amide bonds. The number of hydrogen-bond acceptors (Lipinski definition) is 4. The highest BCUT2D eigenvalue weighted by Gasteiger charge is 2.20. The molecular weight excluding hydrogens is 281 g/mol. The van der Waals surface area contributed by atoms with E-state index in [1.807, 2.05) is 0 Å². The largest absolute Gasteiger partial charge is 0.368 e. The highest BCUT2D eigenvalue weighted by Crippen LogP contribution is 2.34. The third kappa shape index (κ3) is 3.43. The summed E-state index contributed by atoms with van der Waals surface area (Å²) in [7, 11) is 0. The molecule has 22 heavy (non-hydrogen) atoms. The van der Waals surface area contributed by atoms with E-state index in [9.17, 15) is 4.39 Å². The van der Waals surface area contributed by atoms with Crippen LogP contribution in [0.2, 0.25) is 0 Å². The number of allylic oxidation sites excluding steroid dienone is 1. The zero-order valence-electron chi connectivity index (χ0n) is 12.9. The Kier molecular flexibility index (Phi) is 4.36. The molecule has 5 nitrogen and oxygen atoms in total. The SMILES string of the molecule is C=C1CC(C)CC(CCCNc2nc(F)nc3nc[nH]c23)C1. The second kappa shape index (κ2) is 6.42. The molecule has 2 aromatic heterocycles. The molecule has 2 N–H and O–H groups in total. The van der Waals surface area contributed by atoms with Crippen LogP contribution in [-0.4, -0.2) is 26.5 Å². The molecule has 0 bridgehead atoms. The Morgan fingerprint density at radius 2 is 2.27 bits per heavy atom. The number of nitrogens with zero attached hydrogens (tertiary/aromatic N) is 3. The maximum absolute atomic E-state index is 13.3. The lowest BCUT2D eigenvalue weighted by molar-refractivity contribution is 0.317. The lowest BCUT2D eigenvalue weighted by atomic mass is 9.78. The fraction of sp³-hybridized carbons (Fsp3) is 0.562. The predicted molar refractivity (Wildman–Crippen MR) is 85.0 cm³/mol. The molecule has 1 fully saturated rings. The molecule has 0 saturated heterocycles. The fourth-order valence-corrected chi connectivity index (χ4v) is 3.47. The van der Waals surface area contributed by atoms with Crippen LogP contribution in [0.4, 0.5) is 10.2 Å². The molecule has 118 valence electrons. The van der Waals surface area contributed by atoms with Crippen molar-refractivity contribution in [3.63, 3.8) is 0 Å². The van der Waals surface area contributed by atoms with Crippen molar-refractivity contribution in [2.24, 2.45) is 11.8 Å². The van der Waals surface area contributed by atoms with Crippen LogP contribution in [0.5, 0.6) is 0 Å². The summed E-state index contributed by atoms with van der Waals surface area (Å²) in [6, 6.07) is 0. The van der Waals surface area contributed by atoms with E-state index < -0.39 is 6.08 Å². The topological polar surface area (TPSA) is 66.5 Å². The summed E-state index contributed by atoms with van der Waals surface area (Å²) in [4.78, 5) is 14.4. The van der Waals surface area contributed by atoms with Gasteiger partial charge in [-0.1, -0.05) is 19.1 Å². The van der Waals surface area contributed by atoms with E-state index in [0.29, 0.717) is 17.0 Å². The molecule has 2 aromatic rings. The maximum Gasteiger partial charge on any atom is 0.312 e. The number of aromatic amines is 1. The Labute approximate surface area is 129 Å². The van der Waals surface area contributed by atoms with Gasteiger partial charge in [-0.2, -0.15) is 14.4 Å². The monoisotopic (exact) mass is 303 g/mol. The second-order valence-electron chi connectivity index (χ2n) is 6.38. The van der Waals surface area contributed by atoms with Crippen molar-refractivity contribution >= 4 is 17.0 Å². The van der Waals surface area contributed by atoms with Gasteiger partial charge in [0.1, 0.15) is 5.52 Å². The number of nitrogens with one attached hydrogen (secondary N) is 2. The lowest BCUT2D eigenvalue weighted by Crippen LogP contribution is -2.16. The summed E-state index contributed by atoms with van der Waals surface area (Å²) >= 11 is 0. The fourth-order valence-electron chi connectivity index (χ4n) is 3.47. The molecule has 3 rings (SSSR count). The quantitative estimate of drug-likeness (QED) is 0.502. The number of halogens is 1. The Hall–Kier alpha value is -1.98. The molecule has 2 heterocycles. The van der Waals surface area contributed by atoms with Crippen molar-refractivity contribution in [2.45, 2.75) is 39.0 Å². The predicted octanol–water partition coefficient (Wildman–Crippen LogP) is 3.68. The summed E-state index contributed by atoms with van der Waals surface area (Å²) in [5.41, 5.74) is 2.39. The highest BCUT2D eigenvalue weighted by atomic mass is 19.1. The highest BCUT2D eigenvalue weighted by molar-refractivity contribution is 5.81. The van der Waals surface area contributed by atoms with Gasteiger partial charge in [-0.25, -0.2) is 4.98 Å². The van der Waals surface area contributed by atoms with Gasteiger partial charge in [0.05, 0.1) is 6.33 Å². The summed E-state index contributed by atoms with van der Waals surface area (Å²) < 4.78 is 13.3. The summed E-state index contributed by atoms with van der Waals surface area (Å²) in [6.45, 7) is 7.21. The first-order valence-corrected chi connectivity index (χ1v) is 7.89. The average Bonchev–Trinajstić information content (AvgIpc) is 2.90. The van der Waals surface area contributed by atoms with Gasteiger partial charge in [0.2, 0.25) is 0 Å². The van der Waals surface area contributed by atoms with Crippen LogP contribution in [0.15, 0.2) is 18.5 Å². The molecule has 2 atom stereocenters. The normalized spacial score (nSPS) is 22.2. The first-order chi connectivity index (χ1) is 10.6. The van der Waals surface area contributed by atoms with Gasteiger partial charge in [-0.3, -0.25) is 0 Å². The molecule has 1 aliphatic carbocycles. The van der Waals surface area contributed by atoms with Crippen LogP contribution in [0.3, 0.4) is 0 Å². The van der Waals surface area contributed by atoms with Crippen LogP contribution < -0.4 is 5.32 Å². The Bertz CT molecular complexity index is 666. The average molecular weight is 303 g/mol. The van der Waals surface area contributed by atoms with Gasteiger partial charge in [-0.15, -0.1) is 0 Å². The number of fused-ring (bicyclic) bond motifs is 1. The third-order valence-corrected chi connectivity index (χ3v) is 4.29. The standard InChI is InChI=1S/C16H22FN5/c1-10-6-11(2)8-12(7-10)4-3-5-18-14-13-15(20-9-19-13)22-16(17)21-14/h9,11-12H,1,3-8H2,2H3,(H2,18,19,20,21,22). The number of rotatable bonds is 5. The Morgan fingerprint density at radius 3 is 3.09 bits per heavy atom. The first kappa shape index (κ1) is 14.9. The van der Waals surface area contributed by atoms with Crippen LogP contribution in [0.1, 0.15) is 39.0 Å². The van der Waals surface area contributed by atoms with Crippen LogP contribution in [0.25, 0.3) is 11.2 Å². The minimum atomic E-state index is -0.750. The van der Waals surface area contributed by atoms with E-state index in [1.165, 1.54) is 24.7 Å². The van der Waals surface area contributed by atoms with E-state index in [0.717, 1.165) is 37.6 Å². The number of anilines is 1. The zero-order valence-corrected chi connectivity index (χ0v) is 12.9. The van der Waals surface area contributed by atoms with Crippen molar-refractivity contribution in [1.82, 2.24) is 19.9 Å². The number of hydrogen-bond donors (Lipinski definition) is 2. The van der Waals surface area contributed by atoms with Gasteiger partial charge < -0.3 is 10.3 Å². The molecular formula is C16H22FN5. The van der Waals surface area contributed by atoms with E-state index in [2.05, 4.69) is 38.8 Å². The van der Waals surface area contributed by atoms with Crippen molar-refractivity contribution in [3.05, 3.63) is 24.6 Å². The Morgan fingerprint density at radius 1 is 1.41 bits per heavy atom. The minimum Gasteiger partial charge on any atom is -0.368 e. The van der Waals surface area contributed by atoms with Crippen LogP contribution in [-0.2, 0) is 0 Å². The van der Waals surface area contributed by atoms with E-state index in [4.69, 9.17) is 0 Å². The zero-order chi connectivity index (χ0) is 15.5. The Balaban J connectivity index is 1.52. The second-order valence-corrected chi connectivity index (χ2v) is 6.38. The molecule has 1 saturated carbocycles. The van der Waals surface area contributed by atoms with Gasteiger partial charge in [-0.05, 0) is 43.9 Å². The molecule has 2 unspecified atom stereocenters. The van der Waals surface area contributed by atoms with Crippen molar-refractivity contribution in [1.29, 1.82) is 0 Å². The van der Waals surface area contributed by atoms with Crippen LogP contribution in [0, 0.1) is 17.9 Å². The number of imidazole rings is 1. The molecule has 0 aromatic carbocycles. The van der Waals surface area contributed by atoms with E-state index in [-0.39, 0.29) is 0 Å². The minimum absolute atomic E-state index is 0.354. The molecule has 0 spiro atoms. The van der Waals surface area contributed by atoms with Crippen LogP contribution >= 0.6 is 0 Å². The van der Waals surface area contributed by atoms with Crippen molar-refractivity contribution in [3.8, 4) is 0 Å². The first-order valence-electron chi connectivity index (χ1n) is 7.89. The number of H-pyrrole nitrogens is 1. The smallest absolute Gasteiger partial charge is 0.312 e. The van der Waals surface area contributed by atoms with Crippen molar-refractivity contribution in [2.75, 3.05) is 11.9 Å². The summed E-state index contributed by atoms with van der Waals surface area (Å²) in [5.74, 6) is 1.97. The van der Waals surface area contributed by atoms with Gasteiger partial charge >= 0.3 is 6.08 Å². The maximum atomic E-state index is 13.3. The van der Waals surface area contributed by atoms with Crippen molar-refractivity contribution < 1.29 is 4.39 Å². The molecule has 6 heteroatoms. The van der Waals surface area contributed by atoms with E-state index in [1.54, 1.807) is 0 Å². The number of aromatic nitrogens is 4. The van der Waals surface area contributed by atoms with Gasteiger partial charge in [0, 0.05) is 6.54 Å².